The molecular weight excluding hydrogens is 366 g/mol. The van der Waals surface area contributed by atoms with Crippen molar-refractivity contribution in [1.29, 1.82) is 0 Å². The van der Waals surface area contributed by atoms with Crippen LogP contribution < -0.4 is 10.5 Å². The van der Waals surface area contributed by atoms with Gasteiger partial charge in [0.1, 0.15) is 11.5 Å². The van der Waals surface area contributed by atoms with Gasteiger partial charge >= 0.3 is 0 Å². The Hall–Kier alpha value is -0.130. The fourth-order valence-corrected chi connectivity index (χ4v) is 4.75. The summed E-state index contributed by atoms with van der Waals surface area (Å²) in [6, 6.07) is 1.47. The summed E-state index contributed by atoms with van der Waals surface area (Å²) in [7, 11) is -3.69. The molecule has 110 valence electrons. The van der Waals surface area contributed by atoms with Crippen molar-refractivity contribution in [2.75, 3.05) is 19.8 Å². The summed E-state index contributed by atoms with van der Waals surface area (Å²) in [6.45, 7) is -0.651. The van der Waals surface area contributed by atoms with Crippen molar-refractivity contribution in [1.82, 2.24) is 4.72 Å². The second-order valence-corrected chi connectivity index (χ2v) is 7.61. The summed E-state index contributed by atoms with van der Waals surface area (Å²) >= 11 is 4.38. The summed E-state index contributed by atoms with van der Waals surface area (Å²) in [5, 5.41) is 0. The molecular formula is C9H13BrF2N2O3S2. The van der Waals surface area contributed by atoms with Gasteiger partial charge in [-0.15, -0.1) is 11.3 Å². The van der Waals surface area contributed by atoms with E-state index in [1.165, 1.54) is 17.4 Å². The second kappa shape index (κ2) is 7.60. The van der Waals surface area contributed by atoms with Crippen LogP contribution in [0.1, 0.15) is 4.88 Å². The van der Waals surface area contributed by atoms with Crippen molar-refractivity contribution in [3.8, 4) is 0 Å². The smallest absolute Gasteiger partial charge is 0.261 e. The van der Waals surface area contributed by atoms with Gasteiger partial charge in [0.2, 0.25) is 10.0 Å². The normalized spacial score (nSPS) is 12.3. The Morgan fingerprint density at radius 2 is 2.21 bits per heavy atom. The predicted octanol–water partition coefficient (Wildman–Crippen LogP) is 1.53. The summed E-state index contributed by atoms with van der Waals surface area (Å²) in [5.41, 5.74) is 5.43. The quantitative estimate of drug-likeness (QED) is 0.672. The van der Waals surface area contributed by atoms with Crippen molar-refractivity contribution < 1.29 is 21.9 Å². The molecule has 5 nitrogen and oxygen atoms in total. The number of hydrogen-bond donors (Lipinski definition) is 2. The first kappa shape index (κ1) is 16.9. The zero-order chi connectivity index (χ0) is 14.5. The van der Waals surface area contributed by atoms with Gasteiger partial charge in [-0.1, -0.05) is 0 Å². The number of ether oxygens (including phenoxy) is 1. The fraction of sp³-hybridized carbons (Fsp3) is 0.556. The highest BCUT2D eigenvalue weighted by Crippen LogP contribution is 2.31. The van der Waals surface area contributed by atoms with Gasteiger partial charge in [0.25, 0.3) is 6.43 Å². The van der Waals surface area contributed by atoms with Crippen molar-refractivity contribution >= 4 is 37.3 Å². The average molecular weight is 379 g/mol. The topological polar surface area (TPSA) is 81.4 Å². The van der Waals surface area contributed by atoms with E-state index in [0.717, 1.165) is 4.88 Å². The number of nitrogens with two attached hydrogens (primary N) is 1. The van der Waals surface area contributed by atoms with Gasteiger partial charge in [0, 0.05) is 18.0 Å². The van der Waals surface area contributed by atoms with Crippen LogP contribution in [-0.2, 0) is 21.3 Å². The van der Waals surface area contributed by atoms with E-state index in [4.69, 9.17) is 5.73 Å². The zero-order valence-electron chi connectivity index (χ0n) is 9.74. The highest BCUT2D eigenvalue weighted by atomic mass is 79.9. The molecule has 0 bridgehead atoms. The lowest BCUT2D eigenvalue weighted by atomic mass is 10.5. The molecule has 19 heavy (non-hydrogen) atoms. The first-order chi connectivity index (χ1) is 8.86. The summed E-state index contributed by atoms with van der Waals surface area (Å²) in [4.78, 5) is 0.813. The molecule has 1 heterocycles. The van der Waals surface area contributed by atoms with E-state index < -0.39 is 23.1 Å². The van der Waals surface area contributed by atoms with Gasteiger partial charge in [-0.3, -0.25) is 0 Å². The van der Waals surface area contributed by atoms with Gasteiger partial charge in [0.15, 0.2) is 0 Å². The van der Waals surface area contributed by atoms with Gasteiger partial charge in [-0.05, 0) is 22.0 Å². The lowest BCUT2D eigenvalue weighted by Gasteiger charge is -2.06. The molecule has 0 unspecified atom stereocenters. The first-order valence-electron chi connectivity index (χ1n) is 5.20. The van der Waals surface area contributed by atoms with E-state index in [2.05, 4.69) is 25.4 Å². The Kier molecular flexibility index (Phi) is 6.77. The predicted molar refractivity (Wildman–Crippen MR) is 71.9 cm³/mol. The molecule has 0 fully saturated rings. The Morgan fingerprint density at radius 1 is 1.53 bits per heavy atom. The van der Waals surface area contributed by atoms with Crippen molar-refractivity contribution in [3.05, 3.63) is 14.7 Å². The van der Waals surface area contributed by atoms with Crippen molar-refractivity contribution in [2.24, 2.45) is 5.73 Å². The number of alkyl halides is 2. The Morgan fingerprint density at radius 3 is 2.74 bits per heavy atom. The molecule has 0 aliphatic carbocycles. The van der Waals surface area contributed by atoms with Gasteiger partial charge < -0.3 is 10.5 Å². The molecule has 1 aromatic heterocycles. The Balaban J connectivity index is 2.53. The van der Waals surface area contributed by atoms with Crippen LogP contribution in [0.5, 0.6) is 0 Å². The highest BCUT2D eigenvalue weighted by Gasteiger charge is 2.20. The molecule has 3 N–H and O–H groups in total. The Labute approximate surface area is 122 Å². The van der Waals surface area contributed by atoms with E-state index in [1.807, 2.05) is 0 Å². The molecule has 0 saturated heterocycles. The number of hydrogen-bond acceptors (Lipinski definition) is 5. The minimum absolute atomic E-state index is 0.0741. The zero-order valence-corrected chi connectivity index (χ0v) is 13.0. The van der Waals surface area contributed by atoms with Gasteiger partial charge in [0.05, 0.1) is 10.4 Å². The maximum atomic E-state index is 11.9. The largest absolute Gasteiger partial charge is 0.374 e. The monoisotopic (exact) mass is 378 g/mol. The molecule has 0 amide bonds. The molecule has 0 radical (unpaired) electrons. The highest BCUT2D eigenvalue weighted by molar-refractivity contribution is 9.11. The molecule has 10 heteroatoms. The van der Waals surface area contributed by atoms with Crippen LogP contribution in [0.3, 0.4) is 0 Å². The van der Waals surface area contributed by atoms with E-state index in [9.17, 15) is 17.2 Å². The lowest BCUT2D eigenvalue weighted by molar-refractivity contribution is 0.0199. The first-order valence-corrected chi connectivity index (χ1v) is 8.30. The molecule has 0 spiro atoms. The maximum Gasteiger partial charge on any atom is 0.261 e. The van der Waals surface area contributed by atoms with E-state index in [0.29, 0.717) is 3.79 Å². The second-order valence-electron chi connectivity index (χ2n) is 3.42. The summed E-state index contributed by atoms with van der Waals surface area (Å²) in [5.74, 6) is 0. The third-order valence-corrected chi connectivity index (χ3v) is 5.71. The molecule has 1 aromatic rings. The van der Waals surface area contributed by atoms with Crippen LogP contribution in [-0.4, -0.2) is 34.6 Å². The third kappa shape index (κ3) is 5.40. The number of nitrogens with one attached hydrogen (secondary N) is 1. The SMILES string of the molecule is NCc1cc(S(=O)(=O)NCCOCC(F)F)c(Br)s1. The minimum atomic E-state index is -3.69. The van der Waals surface area contributed by atoms with Crippen LogP contribution in [0.25, 0.3) is 0 Å². The minimum Gasteiger partial charge on any atom is -0.374 e. The number of rotatable bonds is 8. The molecule has 0 atom stereocenters. The number of thiophene rings is 1. The van der Waals surface area contributed by atoms with E-state index >= 15 is 0 Å². The van der Waals surface area contributed by atoms with E-state index in [1.54, 1.807) is 0 Å². The standard InChI is InChI=1S/C9H13BrF2N2O3S2/c10-9-7(3-6(4-13)18-9)19(15,16)14-1-2-17-5-8(11)12/h3,8,14H,1-2,4-5,13H2. The van der Waals surface area contributed by atoms with Crippen LogP contribution in [0.15, 0.2) is 14.7 Å². The molecule has 0 aromatic carbocycles. The van der Waals surface area contributed by atoms with Gasteiger partial charge in [-0.2, -0.15) is 0 Å². The van der Waals surface area contributed by atoms with Crippen molar-refractivity contribution in [2.45, 2.75) is 17.9 Å². The fourth-order valence-electron chi connectivity index (χ4n) is 1.18. The molecule has 1 rings (SSSR count). The summed E-state index contributed by atoms with van der Waals surface area (Å²) < 4.78 is 54.6. The third-order valence-electron chi connectivity index (χ3n) is 1.98. The number of sulfonamides is 1. The van der Waals surface area contributed by atoms with Gasteiger partial charge in [-0.25, -0.2) is 21.9 Å². The van der Waals surface area contributed by atoms with Crippen LogP contribution in [0, 0.1) is 0 Å². The molecule has 0 aliphatic heterocycles. The van der Waals surface area contributed by atoms with E-state index in [-0.39, 0.29) is 24.6 Å². The Bertz CT molecular complexity index is 508. The number of halogens is 3. The molecule has 0 saturated carbocycles. The average Bonchev–Trinajstić information content (AvgIpc) is 2.70. The van der Waals surface area contributed by atoms with Crippen LogP contribution >= 0.6 is 27.3 Å². The molecule has 0 aliphatic rings. The summed E-state index contributed by atoms with van der Waals surface area (Å²) in [6.07, 6.45) is -2.56. The van der Waals surface area contributed by atoms with Crippen LogP contribution in [0.2, 0.25) is 0 Å². The maximum absolute atomic E-state index is 11.9. The van der Waals surface area contributed by atoms with Crippen LogP contribution in [0.4, 0.5) is 8.78 Å². The lowest BCUT2D eigenvalue weighted by Crippen LogP contribution is -2.28. The van der Waals surface area contributed by atoms with Crippen molar-refractivity contribution in [3.63, 3.8) is 0 Å².